The number of benzene rings is 1. The van der Waals surface area contributed by atoms with Crippen molar-refractivity contribution in [3.05, 3.63) is 57.3 Å². The summed E-state index contributed by atoms with van der Waals surface area (Å²) in [5.41, 5.74) is 1.43. The van der Waals surface area contributed by atoms with Crippen LogP contribution in [0, 0.1) is 11.3 Å². The van der Waals surface area contributed by atoms with Crippen molar-refractivity contribution >= 4 is 5.78 Å². The number of H-pyrrole nitrogens is 2. The molecule has 5 nitrogen and oxygen atoms in total. The van der Waals surface area contributed by atoms with Crippen LogP contribution in [0.2, 0.25) is 0 Å². The number of imidazole rings is 1. The molecule has 0 radical (unpaired) electrons. The average molecular weight is 241 g/mol. The Labute approximate surface area is 103 Å². The molecule has 0 aliphatic carbocycles. The van der Waals surface area contributed by atoms with Crippen molar-refractivity contribution in [3.8, 4) is 6.07 Å². The third-order valence-corrected chi connectivity index (χ3v) is 2.66. The zero-order valence-electron chi connectivity index (χ0n) is 9.78. The number of aromatic nitrogens is 2. The molecule has 1 aromatic heterocycles. The van der Waals surface area contributed by atoms with E-state index in [0.717, 1.165) is 0 Å². The maximum Gasteiger partial charge on any atom is 0.323 e. The van der Waals surface area contributed by atoms with Gasteiger partial charge in [-0.15, -0.1) is 0 Å². The Balaban J connectivity index is 2.41. The Morgan fingerprint density at radius 3 is 2.50 bits per heavy atom. The van der Waals surface area contributed by atoms with Crippen LogP contribution < -0.4 is 5.69 Å². The first-order valence-electron chi connectivity index (χ1n) is 5.51. The Morgan fingerprint density at radius 1 is 1.28 bits per heavy atom. The quantitative estimate of drug-likeness (QED) is 0.795. The van der Waals surface area contributed by atoms with Gasteiger partial charge in [0, 0.05) is 11.3 Å². The van der Waals surface area contributed by atoms with E-state index in [-0.39, 0.29) is 17.2 Å². The second-order valence-corrected chi connectivity index (χ2v) is 3.80. The van der Waals surface area contributed by atoms with E-state index < -0.39 is 0 Å². The second-order valence-electron chi connectivity index (χ2n) is 3.80. The van der Waals surface area contributed by atoms with Crippen molar-refractivity contribution in [2.24, 2.45) is 0 Å². The van der Waals surface area contributed by atoms with Gasteiger partial charge in [0.2, 0.25) is 5.78 Å². The third kappa shape index (κ3) is 2.09. The highest BCUT2D eigenvalue weighted by Crippen LogP contribution is 2.11. The van der Waals surface area contributed by atoms with Gasteiger partial charge < -0.3 is 9.97 Å². The standard InChI is InChI=1S/C13H11N3O2/c1-2-10-11(16-13(18)15-10)12(17)9-5-3-8(7-14)4-6-9/h3-6H,2H2,1H3,(H2,15,16,18). The van der Waals surface area contributed by atoms with E-state index in [2.05, 4.69) is 9.97 Å². The fourth-order valence-corrected chi connectivity index (χ4v) is 1.72. The summed E-state index contributed by atoms with van der Waals surface area (Å²) in [6.07, 6.45) is 0.566. The molecule has 0 bridgehead atoms. The minimum absolute atomic E-state index is 0.255. The van der Waals surface area contributed by atoms with Crippen LogP contribution in [-0.4, -0.2) is 15.8 Å². The van der Waals surface area contributed by atoms with Crippen LogP contribution in [0.1, 0.15) is 34.2 Å². The maximum absolute atomic E-state index is 12.2. The molecule has 0 fully saturated rings. The topological polar surface area (TPSA) is 89.5 Å². The molecule has 0 amide bonds. The Kier molecular flexibility index (Phi) is 3.11. The van der Waals surface area contributed by atoms with Gasteiger partial charge >= 0.3 is 5.69 Å². The zero-order chi connectivity index (χ0) is 13.1. The number of carbonyl (C=O) groups excluding carboxylic acids is 1. The number of nitriles is 1. The Hall–Kier alpha value is -2.61. The van der Waals surface area contributed by atoms with E-state index in [1.807, 2.05) is 13.0 Å². The number of carbonyl (C=O) groups is 1. The summed E-state index contributed by atoms with van der Waals surface area (Å²) in [4.78, 5) is 28.4. The van der Waals surface area contributed by atoms with Gasteiger partial charge in [-0.25, -0.2) is 4.79 Å². The van der Waals surface area contributed by atoms with Crippen molar-refractivity contribution < 1.29 is 4.79 Å². The molecule has 2 rings (SSSR count). The molecule has 0 aliphatic rings. The van der Waals surface area contributed by atoms with Gasteiger partial charge in [-0.05, 0) is 30.7 Å². The SMILES string of the molecule is CCc1[nH]c(=O)[nH]c1C(=O)c1ccc(C#N)cc1. The molecule has 0 atom stereocenters. The lowest BCUT2D eigenvalue weighted by Crippen LogP contribution is -2.07. The number of hydrogen-bond donors (Lipinski definition) is 2. The van der Waals surface area contributed by atoms with Crippen molar-refractivity contribution in [3.63, 3.8) is 0 Å². The van der Waals surface area contributed by atoms with Crippen molar-refractivity contribution in [1.82, 2.24) is 9.97 Å². The van der Waals surface area contributed by atoms with Gasteiger partial charge in [0.05, 0.1) is 11.6 Å². The van der Waals surface area contributed by atoms with Crippen molar-refractivity contribution in [2.45, 2.75) is 13.3 Å². The van der Waals surface area contributed by atoms with Crippen LogP contribution in [0.5, 0.6) is 0 Å². The highest BCUT2D eigenvalue weighted by atomic mass is 16.1. The molecule has 1 aromatic carbocycles. The fraction of sp³-hybridized carbons (Fsp3) is 0.154. The monoisotopic (exact) mass is 241 g/mol. The third-order valence-electron chi connectivity index (χ3n) is 2.66. The summed E-state index contributed by atoms with van der Waals surface area (Å²) >= 11 is 0. The van der Waals surface area contributed by atoms with Gasteiger partial charge in [-0.3, -0.25) is 4.79 Å². The van der Waals surface area contributed by atoms with E-state index in [0.29, 0.717) is 23.2 Å². The predicted octanol–water partition coefficient (Wildman–Crippen LogP) is 1.37. The fourth-order valence-electron chi connectivity index (χ4n) is 1.72. The number of aryl methyl sites for hydroxylation is 1. The van der Waals surface area contributed by atoms with Crippen molar-refractivity contribution in [2.75, 3.05) is 0 Å². The molecule has 0 unspecified atom stereocenters. The summed E-state index contributed by atoms with van der Waals surface area (Å²) in [6, 6.07) is 8.28. The molecular formula is C13H11N3O2. The normalized spacial score (nSPS) is 10.0. The minimum Gasteiger partial charge on any atom is -0.309 e. The molecule has 0 saturated carbocycles. The van der Waals surface area contributed by atoms with E-state index in [4.69, 9.17) is 5.26 Å². The predicted molar refractivity (Wildman–Crippen MR) is 65.4 cm³/mol. The molecule has 5 heteroatoms. The Morgan fingerprint density at radius 2 is 1.94 bits per heavy atom. The van der Waals surface area contributed by atoms with E-state index in [1.165, 1.54) is 0 Å². The first-order valence-corrected chi connectivity index (χ1v) is 5.51. The first-order chi connectivity index (χ1) is 8.65. The van der Waals surface area contributed by atoms with E-state index >= 15 is 0 Å². The maximum atomic E-state index is 12.2. The smallest absolute Gasteiger partial charge is 0.309 e. The van der Waals surface area contributed by atoms with Gasteiger partial charge in [-0.1, -0.05) is 6.92 Å². The lowest BCUT2D eigenvalue weighted by molar-refractivity contribution is 0.103. The van der Waals surface area contributed by atoms with Gasteiger partial charge in [0.25, 0.3) is 0 Å². The van der Waals surface area contributed by atoms with Crippen LogP contribution >= 0.6 is 0 Å². The average Bonchev–Trinajstić information content (AvgIpc) is 2.79. The number of ketones is 1. The van der Waals surface area contributed by atoms with Crippen LogP contribution in [0.25, 0.3) is 0 Å². The van der Waals surface area contributed by atoms with Crippen molar-refractivity contribution in [1.29, 1.82) is 5.26 Å². The zero-order valence-corrected chi connectivity index (χ0v) is 9.78. The molecule has 0 spiro atoms. The summed E-state index contributed by atoms with van der Waals surface area (Å²) in [5, 5.41) is 8.68. The number of nitrogens with zero attached hydrogens (tertiary/aromatic N) is 1. The lowest BCUT2D eigenvalue weighted by atomic mass is 10.0. The number of nitrogens with one attached hydrogen (secondary N) is 2. The summed E-state index contributed by atoms with van der Waals surface area (Å²) < 4.78 is 0. The Bertz CT molecular complexity index is 671. The highest BCUT2D eigenvalue weighted by molar-refractivity contribution is 6.08. The molecular weight excluding hydrogens is 230 g/mol. The molecule has 0 aliphatic heterocycles. The lowest BCUT2D eigenvalue weighted by Gasteiger charge is -2.00. The number of aromatic amines is 2. The van der Waals surface area contributed by atoms with Crippen LogP contribution in [0.4, 0.5) is 0 Å². The van der Waals surface area contributed by atoms with Crippen LogP contribution in [0.15, 0.2) is 29.1 Å². The summed E-state index contributed by atoms with van der Waals surface area (Å²) in [6.45, 7) is 1.86. The van der Waals surface area contributed by atoms with E-state index in [1.54, 1.807) is 24.3 Å². The first kappa shape index (κ1) is 11.9. The number of rotatable bonds is 3. The van der Waals surface area contributed by atoms with Gasteiger partial charge in [-0.2, -0.15) is 5.26 Å². The van der Waals surface area contributed by atoms with E-state index in [9.17, 15) is 9.59 Å². The molecule has 0 saturated heterocycles. The molecule has 2 N–H and O–H groups in total. The highest BCUT2D eigenvalue weighted by Gasteiger charge is 2.15. The molecule has 18 heavy (non-hydrogen) atoms. The van der Waals surface area contributed by atoms with Crippen LogP contribution in [-0.2, 0) is 6.42 Å². The molecule has 1 heterocycles. The second kappa shape index (κ2) is 4.72. The minimum atomic E-state index is -0.385. The number of hydrogen-bond acceptors (Lipinski definition) is 3. The molecule has 2 aromatic rings. The largest absolute Gasteiger partial charge is 0.323 e. The summed E-state index contributed by atoms with van der Waals surface area (Å²) in [7, 11) is 0. The van der Waals surface area contributed by atoms with Crippen LogP contribution in [0.3, 0.4) is 0 Å². The summed E-state index contributed by atoms with van der Waals surface area (Å²) in [5.74, 6) is -0.255. The van der Waals surface area contributed by atoms with Gasteiger partial charge in [0.1, 0.15) is 5.69 Å². The molecule has 90 valence electrons. The van der Waals surface area contributed by atoms with Gasteiger partial charge in [0.15, 0.2) is 0 Å².